The minimum Gasteiger partial charge on any atom is -0.480 e. The van der Waals surface area contributed by atoms with E-state index in [1.54, 1.807) is 0 Å². The largest absolute Gasteiger partial charge is 0.480 e. The highest BCUT2D eigenvalue weighted by Gasteiger charge is 2.14. The van der Waals surface area contributed by atoms with Crippen molar-refractivity contribution in [2.75, 3.05) is 13.1 Å². The lowest BCUT2D eigenvalue weighted by Crippen LogP contribution is -2.42. The molecule has 0 atom stereocenters. The Morgan fingerprint density at radius 3 is 2.56 bits per heavy atom. The number of hydrogen-bond acceptors (Lipinski definition) is 2. The molecule has 0 aliphatic carbocycles. The Hall–Kier alpha value is -2.30. The normalized spacial score (nSPS) is 9.56. The van der Waals surface area contributed by atoms with E-state index in [0.29, 0.717) is 6.54 Å². The van der Waals surface area contributed by atoms with Crippen LogP contribution >= 0.6 is 0 Å². The van der Waals surface area contributed by atoms with Crippen LogP contribution in [0.4, 0.5) is 4.79 Å². The number of amides is 2. The number of nitrogens with one attached hydrogen (secondary N) is 1. The third-order valence-electron chi connectivity index (χ3n) is 2.25. The summed E-state index contributed by atoms with van der Waals surface area (Å²) >= 11 is 0. The van der Waals surface area contributed by atoms with Gasteiger partial charge in [-0.15, -0.1) is 6.58 Å². The fourth-order valence-electron chi connectivity index (χ4n) is 1.42. The Morgan fingerprint density at radius 1 is 1.33 bits per heavy atom. The highest BCUT2D eigenvalue weighted by molar-refractivity contribution is 5.80. The maximum atomic E-state index is 11.7. The molecule has 0 saturated carbocycles. The third-order valence-corrected chi connectivity index (χ3v) is 2.25. The van der Waals surface area contributed by atoms with Gasteiger partial charge in [-0.25, -0.2) is 4.79 Å². The van der Waals surface area contributed by atoms with E-state index in [0.717, 1.165) is 5.56 Å². The summed E-state index contributed by atoms with van der Waals surface area (Å²) in [6, 6.07) is 8.99. The molecule has 0 aromatic heterocycles. The van der Waals surface area contributed by atoms with Crippen LogP contribution in [0, 0.1) is 0 Å². The molecule has 5 nitrogen and oxygen atoms in total. The average Bonchev–Trinajstić information content (AvgIpc) is 2.36. The van der Waals surface area contributed by atoms with Crippen LogP contribution in [0.25, 0.3) is 0 Å². The first kappa shape index (κ1) is 13.8. The highest BCUT2D eigenvalue weighted by atomic mass is 16.4. The summed E-state index contributed by atoms with van der Waals surface area (Å²) in [7, 11) is 0. The fraction of sp³-hybridized carbons (Fsp3) is 0.231. The molecule has 1 aromatic rings. The van der Waals surface area contributed by atoms with Gasteiger partial charge in [0.2, 0.25) is 0 Å². The number of carbonyl (C=O) groups excluding carboxylic acids is 1. The zero-order valence-electron chi connectivity index (χ0n) is 10.0. The molecule has 18 heavy (non-hydrogen) atoms. The number of nitrogens with zero attached hydrogens (tertiary/aromatic N) is 1. The van der Waals surface area contributed by atoms with Gasteiger partial charge in [-0.05, 0) is 5.56 Å². The smallest absolute Gasteiger partial charge is 0.323 e. The van der Waals surface area contributed by atoms with Gasteiger partial charge in [0.1, 0.15) is 6.54 Å². The van der Waals surface area contributed by atoms with Crippen LogP contribution < -0.4 is 5.32 Å². The van der Waals surface area contributed by atoms with Crippen LogP contribution in [0.15, 0.2) is 43.0 Å². The lowest BCUT2D eigenvalue weighted by Gasteiger charge is -2.19. The van der Waals surface area contributed by atoms with Crippen molar-refractivity contribution in [3.63, 3.8) is 0 Å². The van der Waals surface area contributed by atoms with E-state index in [4.69, 9.17) is 5.11 Å². The van der Waals surface area contributed by atoms with E-state index in [9.17, 15) is 9.59 Å². The zero-order chi connectivity index (χ0) is 13.4. The van der Waals surface area contributed by atoms with Crippen molar-refractivity contribution in [3.8, 4) is 0 Å². The second-order valence-electron chi connectivity index (χ2n) is 3.71. The van der Waals surface area contributed by atoms with Crippen LogP contribution in [0.5, 0.6) is 0 Å². The minimum atomic E-state index is -1.05. The van der Waals surface area contributed by atoms with Crippen molar-refractivity contribution < 1.29 is 14.7 Å². The first-order valence-corrected chi connectivity index (χ1v) is 5.53. The van der Waals surface area contributed by atoms with E-state index >= 15 is 0 Å². The molecule has 2 amide bonds. The van der Waals surface area contributed by atoms with Crippen molar-refractivity contribution in [1.29, 1.82) is 0 Å². The van der Waals surface area contributed by atoms with Crippen molar-refractivity contribution in [2.24, 2.45) is 0 Å². The monoisotopic (exact) mass is 248 g/mol. The number of carboxylic acid groups (broad SMARTS) is 1. The van der Waals surface area contributed by atoms with Gasteiger partial charge in [0.15, 0.2) is 0 Å². The van der Waals surface area contributed by atoms with Crippen LogP contribution in [0.2, 0.25) is 0 Å². The number of urea groups is 1. The molecule has 1 aromatic carbocycles. The van der Waals surface area contributed by atoms with Crippen LogP contribution in [-0.2, 0) is 11.3 Å². The minimum absolute atomic E-state index is 0.201. The lowest BCUT2D eigenvalue weighted by molar-refractivity contribution is -0.137. The Balaban J connectivity index is 2.51. The molecule has 0 aliphatic heterocycles. The lowest BCUT2D eigenvalue weighted by atomic mass is 10.2. The highest BCUT2D eigenvalue weighted by Crippen LogP contribution is 1.98. The Bertz CT molecular complexity index is 418. The van der Waals surface area contributed by atoms with E-state index in [1.807, 2.05) is 30.3 Å². The molecule has 0 aliphatic rings. The predicted octanol–water partition coefficient (Wildman–Crippen LogP) is 1.47. The van der Waals surface area contributed by atoms with Gasteiger partial charge in [0.25, 0.3) is 0 Å². The fourth-order valence-corrected chi connectivity index (χ4v) is 1.42. The summed E-state index contributed by atoms with van der Waals surface area (Å²) < 4.78 is 0. The van der Waals surface area contributed by atoms with E-state index in [2.05, 4.69) is 11.9 Å². The summed E-state index contributed by atoms with van der Waals surface area (Å²) in [5, 5.41) is 11.4. The maximum Gasteiger partial charge on any atom is 0.323 e. The van der Waals surface area contributed by atoms with Gasteiger partial charge in [0, 0.05) is 13.1 Å². The van der Waals surface area contributed by atoms with Gasteiger partial charge in [0.05, 0.1) is 0 Å². The molecule has 0 unspecified atom stereocenters. The number of carbonyl (C=O) groups is 2. The molecule has 96 valence electrons. The first-order valence-electron chi connectivity index (χ1n) is 5.53. The Labute approximate surface area is 106 Å². The van der Waals surface area contributed by atoms with E-state index in [-0.39, 0.29) is 13.1 Å². The third kappa shape index (κ3) is 4.69. The maximum absolute atomic E-state index is 11.7. The molecule has 1 rings (SSSR count). The molecular weight excluding hydrogens is 232 g/mol. The molecule has 2 N–H and O–H groups in total. The summed E-state index contributed by atoms with van der Waals surface area (Å²) in [5.74, 6) is -1.05. The molecule has 0 fully saturated rings. The topological polar surface area (TPSA) is 69.6 Å². The standard InChI is InChI=1S/C13H16N2O3/c1-2-8-15(10-12(16)17)13(18)14-9-11-6-4-3-5-7-11/h2-7H,1,8-10H2,(H,14,18)(H,16,17). The SMILES string of the molecule is C=CCN(CC(=O)O)C(=O)NCc1ccccc1. The molecule has 0 saturated heterocycles. The van der Waals surface area contributed by atoms with Gasteiger partial charge in [-0.3, -0.25) is 4.79 Å². The van der Waals surface area contributed by atoms with Gasteiger partial charge >= 0.3 is 12.0 Å². The molecule has 0 heterocycles. The number of carboxylic acids is 1. The van der Waals surface area contributed by atoms with Gasteiger partial charge < -0.3 is 15.3 Å². The van der Waals surface area contributed by atoms with Crippen molar-refractivity contribution in [3.05, 3.63) is 48.6 Å². The van der Waals surface area contributed by atoms with E-state index in [1.165, 1.54) is 11.0 Å². The van der Waals surface area contributed by atoms with Crippen LogP contribution in [-0.4, -0.2) is 35.1 Å². The summed E-state index contributed by atoms with van der Waals surface area (Å²) in [4.78, 5) is 23.5. The Morgan fingerprint density at radius 2 is 2.00 bits per heavy atom. The average molecular weight is 248 g/mol. The number of aliphatic carboxylic acids is 1. The van der Waals surface area contributed by atoms with Crippen LogP contribution in [0.1, 0.15) is 5.56 Å². The number of rotatable bonds is 6. The molecule has 0 radical (unpaired) electrons. The quantitative estimate of drug-likeness (QED) is 0.749. The predicted molar refractivity (Wildman–Crippen MR) is 68.1 cm³/mol. The first-order chi connectivity index (χ1) is 8.63. The summed E-state index contributed by atoms with van der Waals surface area (Å²) in [6.45, 7) is 3.72. The number of benzene rings is 1. The summed E-state index contributed by atoms with van der Waals surface area (Å²) in [5.41, 5.74) is 0.958. The van der Waals surface area contributed by atoms with Crippen LogP contribution in [0.3, 0.4) is 0 Å². The second-order valence-corrected chi connectivity index (χ2v) is 3.71. The molecule has 5 heteroatoms. The van der Waals surface area contributed by atoms with Gasteiger partial charge in [-0.1, -0.05) is 36.4 Å². The van der Waals surface area contributed by atoms with Crippen molar-refractivity contribution >= 4 is 12.0 Å². The molecule has 0 spiro atoms. The Kier molecular flexibility index (Phi) is 5.44. The van der Waals surface area contributed by atoms with Crippen molar-refractivity contribution in [2.45, 2.75) is 6.54 Å². The zero-order valence-corrected chi connectivity index (χ0v) is 10.0. The summed E-state index contributed by atoms with van der Waals surface area (Å²) in [6.07, 6.45) is 1.49. The number of hydrogen-bond donors (Lipinski definition) is 2. The van der Waals surface area contributed by atoms with Gasteiger partial charge in [-0.2, -0.15) is 0 Å². The molecular formula is C13H16N2O3. The molecule has 0 bridgehead atoms. The van der Waals surface area contributed by atoms with Crippen molar-refractivity contribution in [1.82, 2.24) is 10.2 Å². The van der Waals surface area contributed by atoms with E-state index < -0.39 is 12.0 Å². The second kappa shape index (κ2) is 7.11.